The van der Waals surface area contributed by atoms with Crippen LogP contribution in [-0.2, 0) is 26.8 Å². The summed E-state index contributed by atoms with van der Waals surface area (Å²) in [5.74, 6) is 0.619. The molecule has 2 aromatic rings. The zero-order valence-electron chi connectivity index (χ0n) is 19.0. The first-order valence-electron chi connectivity index (χ1n) is 10.1. The van der Waals surface area contributed by atoms with Gasteiger partial charge < -0.3 is 15.4 Å². The first-order valence-corrected chi connectivity index (χ1v) is 14.1. The minimum absolute atomic E-state index is 0.0969. The van der Waals surface area contributed by atoms with Crippen LogP contribution in [0.2, 0.25) is 5.02 Å². The molecule has 0 radical (unpaired) electrons. The van der Waals surface area contributed by atoms with E-state index >= 15 is 0 Å². The summed E-state index contributed by atoms with van der Waals surface area (Å²) >= 11 is 6.10. The van der Waals surface area contributed by atoms with Gasteiger partial charge in [-0.25, -0.2) is 4.39 Å². The van der Waals surface area contributed by atoms with E-state index in [1.54, 1.807) is 19.2 Å². The summed E-state index contributed by atoms with van der Waals surface area (Å²) < 4.78 is 70.7. The fourth-order valence-corrected chi connectivity index (χ4v) is 3.48. The van der Waals surface area contributed by atoms with Crippen LogP contribution in [0, 0.1) is 5.82 Å². The number of ether oxygens (including phenoxy) is 1. The number of rotatable bonds is 5. The van der Waals surface area contributed by atoms with E-state index in [0.29, 0.717) is 24.1 Å². The average Bonchev–Trinajstić information content (AvgIpc) is 2.70. The number of hydrogen-bond donors (Lipinski definition) is 4. The van der Waals surface area contributed by atoms with Gasteiger partial charge in [-0.3, -0.25) is 9.11 Å². The maximum Gasteiger partial charge on any atom is 0.261 e. The normalized spacial score (nSPS) is 18.1. The van der Waals surface area contributed by atoms with Crippen LogP contribution in [0.3, 0.4) is 0 Å². The Hall–Kier alpha value is -1.80. The van der Waals surface area contributed by atoms with Crippen LogP contribution in [0.5, 0.6) is 5.75 Å². The van der Waals surface area contributed by atoms with Crippen LogP contribution < -0.4 is 15.4 Å². The van der Waals surface area contributed by atoms with Crippen LogP contribution in [-0.4, -0.2) is 58.1 Å². The van der Waals surface area contributed by atoms with E-state index < -0.39 is 20.2 Å². The van der Waals surface area contributed by atoms with Crippen molar-refractivity contribution < 1.29 is 35.1 Å². The summed E-state index contributed by atoms with van der Waals surface area (Å²) in [6.45, 7) is 1.60. The molecule has 0 bridgehead atoms. The Labute approximate surface area is 205 Å². The van der Waals surface area contributed by atoms with E-state index in [9.17, 15) is 21.2 Å². The molecule has 34 heavy (non-hydrogen) atoms. The van der Waals surface area contributed by atoms with Gasteiger partial charge in [0.2, 0.25) is 0 Å². The molecule has 0 amide bonds. The Bertz CT molecular complexity index is 1090. The SMILES string of the molecule is COc1ccc(Cl)cc1CNC1CCCNC1c1cccc(F)c1.CS(=O)(=O)O.CS(=O)(=O)O. The fraction of sp³-hybridized carbons (Fsp3) is 0.429. The van der Waals surface area contributed by atoms with E-state index in [1.807, 2.05) is 24.3 Å². The molecular formula is C21H30ClFN2O7S2. The molecule has 0 aromatic heterocycles. The molecule has 13 heteroatoms. The Balaban J connectivity index is 0.000000489. The van der Waals surface area contributed by atoms with E-state index in [0.717, 1.165) is 36.3 Å². The average molecular weight is 541 g/mol. The third-order valence-electron chi connectivity index (χ3n) is 4.46. The summed E-state index contributed by atoms with van der Waals surface area (Å²) in [6.07, 6.45) is 3.56. The summed E-state index contributed by atoms with van der Waals surface area (Å²) in [6, 6.07) is 12.8. The van der Waals surface area contributed by atoms with Crippen molar-refractivity contribution in [1.29, 1.82) is 0 Å². The minimum atomic E-state index is -3.67. The standard InChI is InChI=1S/C19H22ClFN2O.2CH4O3S/c1-24-18-8-7-15(20)10-14(18)12-23-17-6-3-9-22-19(17)13-4-2-5-16(21)11-13;2*1-5(2,3)4/h2,4-5,7-8,10-11,17,19,22-23H,3,6,9,12H2,1H3;2*1H3,(H,2,3,4). The van der Waals surface area contributed by atoms with Gasteiger partial charge in [0.15, 0.2) is 0 Å². The predicted octanol–water partition coefficient (Wildman–Crippen LogP) is 3.08. The molecule has 0 saturated carbocycles. The summed E-state index contributed by atoms with van der Waals surface area (Å²) in [7, 11) is -5.68. The number of benzene rings is 2. The van der Waals surface area contributed by atoms with Crippen LogP contribution >= 0.6 is 11.6 Å². The fourth-order valence-electron chi connectivity index (χ4n) is 3.28. The molecule has 1 aliphatic heterocycles. The monoisotopic (exact) mass is 540 g/mol. The van der Waals surface area contributed by atoms with E-state index in [2.05, 4.69) is 10.6 Å². The van der Waals surface area contributed by atoms with Crippen molar-refractivity contribution in [3.63, 3.8) is 0 Å². The lowest BCUT2D eigenvalue weighted by Gasteiger charge is -2.34. The van der Waals surface area contributed by atoms with Crippen LogP contribution in [0.15, 0.2) is 42.5 Å². The van der Waals surface area contributed by atoms with Gasteiger partial charge in [0, 0.05) is 29.2 Å². The smallest absolute Gasteiger partial charge is 0.261 e. The molecule has 2 atom stereocenters. The quantitative estimate of drug-likeness (QED) is 0.421. The van der Waals surface area contributed by atoms with Gasteiger partial charge in [-0.1, -0.05) is 23.7 Å². The summed E-state index contributed by atoms with van der Waals surface area (Å²) in [4.78, 5) is 0. The number of nitrogens with one attached hydrogen (secondary N) is 2. The Morgan fingerprint density at radius 1 is 1.12 bits per heavy atom. The van der Waals surface area contributed by atoms with E-state index in [1.165, 1.54) is 6.07 Å². The predicted molar refractivity (Wildman–Crippen MR) is 130 cm³/mol. The molecule has 1 fully saturated rings. The maximum atomic E-state index is 13.6. The minimum Gasteiger partial charge on any atom is -0.496 e. The van der Waals surface area contributed by atoms with Crippen molar-refractivity contribution in [2.75, 3.05) is 26.2 Å². The molecule has 1 heterocycles. The highest BCUT2D eigenvalue weighted by Crippen LogP contribution is 2.26. The van der Waals surface area contributed by atoms with Crippen molar-refractivity contribution in [1.82, 2.24) is 10.6 Å². The second kappa shape index (κ2) is 13.9. The van der Waals surface area contributed by atoms with Crippen LogP contribution in [0.25, 0.3) is 0 Å². The molecule has 4 N–H and O–H groups in total. The van der Waals surface area contributed by atoms with Gasteiger partial charge in [-0.15, -0.1) is 0 Å². The molecule has 0 spiro atoms. The Morgan fingerprint density at radius 2 is 1.74 bits per heavy atom. The van der Waals surface area contributed by atoms with E-state index in [-0.39, 0.29) is 17.9 Å². The number of methoxy groups -OCH3 is 1. The highest BCUT2D eigenvalue weighted by molar-refractivity contribution is 7.85. The third kappa shape index (κ3) is 13.8. The lowest BCUT2D eigenvalue weighted by Crippen LogP contribution is -2.45. The van der Waals surface area contributed by atoms with Gasteiger partial charge in [0.05, 0.1) is 19.6 Å². The zero-order chi connectivity index (χ0) is 25.9. The number of halogens is 2. The molecule has 1 aliphatic rings. The second-order valence-corrected chi connectivity index (χ2v) is 10.9. The highest BCUT2D eigenvalue weighted by atomic mass is 35.5. The van der Waals surface area contributed by atoms with Gasteiger partial charge in [-0.2, -0.15) is 16.8 Å². The number of piperidine rings is 1. The molecular weight excluding hydrogens is 511 g/mol. The van der Waals surface area contributed by atoms with Gasteiger partial charge >= 0.3 is 0 Å². The maximum absolute atomic E-state index is 13.6. The number of hydrogen-bond acceptors (Lipinski definition) is 7. The molecule has 9 nitrogen and oxygen atoms in total. The highest BCUT2D eigenvalue weighted by Gasteiger charge is 2.26. The lowest BCUT2D eigenvalue weighted by molar-refractivity contribution is 0.302. The van der Waals surface area contributed by atoms with Crippen molar-refractivity contribution in [2.24, 2.45) is 0 Å². The van der Waals surface area contributed by atoms with Crippen molar-refractivity contribution in [2.45, 2.75) is 31.5 Å². The second-order valence-electron chi connectivity index (χ2n) is 7.54. The van der Waals surface area contributed by atoms with Gasteiger partial charge in [0.25, 0.3) is 20.2 Å². The zero-order valence-corrected chi connectivity index (χ0v) is 21.4. The van der Waals surface area contributed by atoms with E-state index in [4.69, 9.17) is 25.4 Å². The van der Waals surface area contributed by atoms with Crippen molar-refractivity contribution in [3.05, 3.63) is 64.4 Å². The molecule has 3 rings (SSSR count). The van der Waals surface area contributed by atoms with Crippen molar-refractivity contribution >= 4 is 31.8 Å². The summed E-state index contributed by atoms with van der Waals surface area (Å²) in [5.41, 5.74) is 2.00. The van der Waals surface area contributed by atoms with Gasteiger partial charge in [0.1, 0.15) is 11.6 Å². The largest absolute Gasteiger partial charge is 0.496 e. The Morgan fingerprint density at radius 3 is 2.29 bits per heavy atom. The molecule has 192 valence electrons. The van der Waals surface area contributed by atoms with Crippen LogP contribution in [0.4, 0.5) is 4.39 Å². The third-order valence-corrected chi connectivity index (χ3v) is 4.70. The van der Waals surface area contributed by atoms with Crippen molar-refractivity contribution in [3.8, 4) is 5.75 Å². The molecule has 0 aliphatic carbocycles. The molecule has 1 saturated heterocycles. The first kappa shape index (κ1) is 30.2. The van der Waals surface area contributed by atoms with Crippen LogP contribution in [0.1, 0.15) is 30.0 Å². The summed E-state index contributed by atoms with van der Waals surface area (Å²) in [5, 5.41) is 7.78. The topological polar surface area (TPSA) is 142 Å². The Kier molecular flexibility index (Phi) is 12.4. The molecule has 2 unspecified atom stereocenters. The first-order chi connectivity index (χ1) is 15.7. The molecule has 2 aromatic carbocycles. The van der Waals surface area contributed by atoms with Gasteiger partial charge in [-0.05, 0) is 55.3 Å². The lowest BCUT2D eigenvalue weighted by atomic mass is 9.92.